The van der Waals surface area contributed by atoms with Gasteiger partial charge in [0.05, 0.1) is 18.8 Å². The van der Waals surface area contributed by atoms with Crippen molar-refractivity contribution >= 4 is 44.5 Å². The molecular formula is C16H14BrIO3. The normalized spacial score (nSPS) is 10.4. The lowest BCUT2D eigenvalue weighted by Gasteiger charge is -2.08. The molecule has 0 saturated heterocycles. The number of esters is 1. The summed E-state index contributed by atoms with van der Waals surface area (Å²) in [4.78, 5) is 11.9. The van der Waals surface area contributed by atoms with Gasteiger partial charge < -0.3 is 9.47 Å². The van der Waals surface area contributed by atoms with Crippen molar-refractivity contribution in [1.82, 2.24) is 0 Å². The number of hydrogen-bond donors (Lipinski definition) is 0. The van der Waals surface area contributed by atoms with Crippen LogP contribution in [0.15, 0.2) is 53.0 Å². The Morgan fingerprint density at radius 1 is 1.10 bits per heavy atom. The van der Waals surface area contributed by atoms with E-state index in [0.29, 0.717) is 18.8 Å². The molecule has 0 aliphatic heterocycles. The second-order valence-corrected chi connectivity index (χ2v) is 6.40. The Labute approximate surface area is 145 Å². The van der Waals surface area contributed by atoms with E-state index in [2.05, 4.69) is 38.5 Å². The quantitative estimate of drug-likeness (QED) is 0.363. The molecule has 2 aromatic rings. The van der Waals surface area contributed by atoms with Gasteiger partial charge in [-0.05, 0) is 62.3 Å². The van der Waals surface area contributed by atoms with Gasteiger partial charge in [-0.1, -0.05) is 30.3 Å². The molecule has 0 aliphatic rings. The number of carbonyl (C=O) groups excluding carboxylic acids is 1. The van der Waals surface area contributed by atoms with Crippen LogP contribution in [0.4, 0.5) is 0 Å². The lowest BCUT2D eigenvalue weighted by Crippen LogP contribution is -2.11. The third kappa shape index (κ3) is 5.41. The van der Waals surface area contributed by atoms with Crippen LogP contribution < -0.4 is 0 Å². The van der Waals surface area contributed by atoms with Gasteiger partial charge in [-0.3, -0.25) is 0 Å². The first kappa shape index (κ1) is 16.5. The second-order valence-electron chi connectivity index (χ2n) is 4.30. The highest BCUT2D eigenvalue weighted by Gasteiger charge is 2.11. The Balaban J connectivity index is 1.73. The molecule has 3 nitrogen and oxygen atoms in total. The summed E-state index contributed by atoms with van der Waals surface area (Å²) in [6, 6.07) is 15.4. The van der Waals surface area contributed by atoms with Crippen LogP contribution in [-0.4, -0.2) is 19.2 Å². The zero-order chi connectivity index (χ0) is 15.1. The average molecular weight is 461 g/mol. The molecular weight excluding hydrogens is 447 g/mol. The molecule has 0 N–H and O–H groups in total. The number of rotatable bonds is 6. The Hall–Kier alpha value is -0.920. The predicted octanol–water partition coefficient (Wildman–Crippen LogP) is 4.43. The molecule has 0 bridgehead atoms. The molecule has 2 aromatic carbocycles. The van der Waals surface area contributed by atoms with E-state index in [1.807, 2.05) is 42.5 Å². The monoisotopic (exact) mass is 460 g/mol. The summed E-state index contributed by atoms with van der Waals surface area (Å²) in [5.41, 5.74) is 1.63. The lowest BCUT2D eigenvalue weighted by molar-refractivity contribution is 0.0287. The maximum absolute atomic E-state index is 11.9. The molecule has 110 valence electrons. The fraction of sp³-hybridized carbons (Fsp3) is 0.188. The highest BCUT2D eigenvalue weighted by Crippen LogP contribution is 2.20. The first-order valence-electron chi connectivity index (χ1n) is 6.40. The van der Waals surface area contributed by atoms with Crippen LogP contribution >= 0.6 is 38.5 Å². The molecule has 21 heavy (non-hydrogen) atoms. The Kier molecular flexibility index (Phi) is 6.66. The third-order valence-corrected chi connectivity index (χ3v) is 4.08. The van der Waals surface area contributed by atoms with E-state index in [1.54, 1.807) is 6.07 Å². The third-order valence-electron chi connectivity index (χ3n) is 2.72. The standard InChI is InChI=1S/C16H14BrIO3/c17-15-7-6-13(18)10-14(15)16(19)21-9-8-20-11-12-4-2-1-3-5-12/h1-7,10H,8-9,11H2. The van der Waals surface area contributed by atoms with Crippen LogP contribution in [0.5, 0.6) is 0 Å². The van der Waals surface area contributed by atoms with Crippen LogP contribution in [0.2, 0.25) is 0 Å². The smallest absolute Gasteiger partial charge is 0.339 e. The van der Waals surface area contributed by atoms with E-state index in [4.69, 9.17) is 9.47 Å². The van der Waals surface area contributed by atoms with E-state index in [1.165, 1.54) is 0 Å². The Morgan fingerprint density at radius 2 is 1.86 bits per heavy atom. The summed E-state index contributed by atoms with van der Waals surface area (Å²) in [6.45, 7) is 1.14. The van der Waals surface area contributed by atoms with Gasteiger partial charge in [0.25, 0.3) is 0 Å². The van der Waals surface area contributed by atoms with Gasteiger partial charge in [-0.15, -0.1) is 0 Å². The molecule has 0 heterocycles. The molecule has 0 unspecified atom stereocenters. The van der Waals surface area contributed by atoms with Crippen LogP contribution in [-0.2, 0) is 16.1 Å². The van der Waals surface area contributed by atoms with Gasteiger partial charge in [-0.25, -0.2) is 4.79 Å². The van der Waals surface area contributed by atoms with E-state index in [9.17, 15) is 4.79 Å². The van der Waals surface area contributed by atoms with E-state index < -0.39 is 0 Å². The minimum atomic E-state index is -0.344. The molecule has 0 radical (unpaired) electrons. The summed E-state index contributed by atoms with van der Waals surface area (Å²) >= 11 is 5.51. The van der Waals surface area contributed by atoms with Crippen LogP contribution in [0.1, 0.15) is 15.9 Å². The van der Waals surface area contributed by atoms with Crippen molar-refractivity contribution in [3.8, 4) is 0 Å². The molecule has 0 spiro atoms. The fourth-order valence-corrected chi connectivity index (χ4v) is 2.59. The molecule has 2 rings (SSSR count). The van der Waals surface area contributed by atoms with Crippen molar-refractivity contribution in [1.29, 1.82) is 0 Å². The van der Waals surface area contributed by atoms with Crippen molar-refractivity contribution in [2.75, 3.05) is 13.2 Å². The molecule has 0 fully saturated rings. The minimum absolute atomic E-state index is 0.240. The van der Waals surface area contributed by atoms with Crippen LogP contribution in [0, 0.1) is 3.57 Å². The van der Waals surface area contributed by atoms with Gasteiger partial charge >= 0.3 is 5.97 Å². The summed E-state index contributed by atoms with van der Waals surface area (Å²) in [5.74, 6) is -0.344. The number of benzene rings is 2. The van der Waals surface area contributed by atoms with E-state index >= 15 is 0 Å². The Morgan fingerprint density at radius 3 is 2.62 bits per heavy atom. The van der Waals surface area contributed by atoms with Crippen molar-refractivity contribution in [3.63, 3.8) is 0 Å². The number of ether oxygens (including phenoxy) is 2. The molecule has 0 saturated carbocycles. The SMILES string of the molecule is O=C(OCCOCc1ccccc1)c1cc(I)ccc1Br. The van der Waals surface area contributed by atoms with Crippen molar-refractivity contribution in [2.24, 2.45) is 0 Å². The molecule has 0 atom stereocenters. The van der Waals surface area contributed by atoms with Gasteiger partial charge in [0.15, 0.2) is 0 Å². The molecule has 0 aliphatic carbocycles. The zero-order valence-electron chi connectivity index (χ0n) is 11.2. The Bertz CT molecular complexity index is 602. The predicted molar refractivity (Wildman–Crippen MR) is 93.2 cm³/mol. The van der Waals surface area contributed by atoms with Crippen molar-refractivity contribution < 1.29 is 14.3 Å². The van der Waals surface area contributed by atoms with Crippen LogP contribution in [0.25, 0.3) is 0 Å². The highest BCUT2D eigenvalue weighted by atomic mass is 127. The molecule has 0 aromatic heterocycles. The molecule has 5 heteroatoms. The van der Waals surface area contributed by atoms with Crippen molar-refractivity contribution in [2.45, 2.75) is 6.61 Å². The summed E-state index contributed by atoms with van der Waals surface area (Å²) < 4.78 is 12.4. The number of carbonyl (C=O) groups is 1. The minimum Gasteiger partial charge on any atom is -0.460 e. The van der Waals surface area contributed by atoms with Gasteiger partial charge in [0.1, 0.15) is 6.61 Å². The van der Waals surface area contributed by atoms with Gasteiger partial charge in [0, 0.05) is 8.04 Å². The van der Waals surface area contributed by atoms with Gasteiger partial charge in [0.2, 0.25) is 0 Å². The topological polar surface area (TPSA) is 35.5 Å². The number of halogens is 2. The summed E-state index contributed by atoms with van der Waals surface area (Å²) in [7, 11) is 0. The largest absolute Gasteiger partial charge is 0.460 e. The lowest BCUT2D eigenvalue weighted by atomic mass is 10.2. The summed E-state index contributed by atoms with van der Waals surface area (Å²) in [5, 5.41) is 0. The second kappa shape index (κ2) is 8.51. The first-order chi connectivity index (χ1) is 10.2. The van der Waals surface area contributed by atoms with Gasteiger partial charge in [-0.2, -0.15) is 0 Å². The van der Waals surface area contributed by atoms with Crippen LogP contribution in [0.3, 0.4) is 0 Å². The molecule has 0 amide bonds. The fourth-order valence-electron chi connectivity index (χ4n) is 1.69. The zero-order valence-corrected chi connectivity index (χ0v) is 15.0. The van der Waals surface area contributed by atoms with Crippen molar-refractivity contribution in [3.05, 3.63) is 67.7 Å². The van der Waals surface area contributed by atoms with E-state index in [0.717, 1.165) is 13.6 Å². The first-order valence-corrected chi connectivity index (χ1v) is 8.28. The maximum atomic E-state index is 11.9. The highest BCUT2D eigenvalue weighted by molar-refractivity contribution is 14.1. The number of hydrogen-bond acceptors (Lipinski definition) is 3. The van der Waals surface area contributed by atoms with E-state index in [-0.39, 0.29) is 12.6 Å². The maximum Gasteiger partial charge on any atom is 0.339 e. The summed E-state index contributed by atoms with van der Waals surface area (Å²) in [6.07, 6.45) is 0. The average Bonchev–Trinajstić information content (AvgIpc) is 2.50.